The van der Waals surface area contributed by atoms with Crippen molar-refractivity contribution < 1.29 is 9.53 Å². The van der Waals surface area contributed by atoms with Gasteiger partial charge < -0.3 is 15.4 Å². The molecule has 0 spiro atoms. The van der Waals surface area contributed by atoms with Gasteiger partial charge in [0.1, 0.15) is 5.75 Å². The summed E-state index contributed by atoms with van der Waals surface area (Å²) < 4.78 is 6.63. The van der Waals surface area contributed by atoms with Gasteiger partial charge in [0.15, 0.2) is 6.10 Å². The zero-order valence-electron chi connectivity index (χ0n) is 11.2. The van der Waals surface area contributed by atoms with Crippen molar-refractivity contribution in [3.63, 3.8) is 0 Å². The second kappa shape index (κ2) is 7.96. The maximum atomic E-state index is 11.7. The van der Waals surface area contributed by atoms with Crippen LogP contribution in [-0.2, 0) is 11.3 Å². The predicted molar refractivity (Wildman–Crippen MR) is 80.2 cm³/mol. The average molecular weight is 327 g/mol. The van der Waals surface area contributed by atoms with Crippen molar-refractivity contribution in [2.75, 3.05) is 13.6 Å². The normalized spacial score (nSPS) is 11.7. The number of carbonyl (C=O) groups excluding carboxylic acids is 1. The fourth-order valence-corrected chi connectivity index (χ4v) is 1.91. The van der Waals surface area contributed by atoms with Gasteiger partial charge in [0.05, 0.1) is 0 Å². The van der Waals surface area contributed by atoms with E-state index in [1.54, 1.807) is 13.0 Å². The van der Waals surface area contributed by atoms with Crippen LogP contribution >= 0.6 is 15.9 Å². The van der Waals surface area contributed by atoms with E-state index in [0.717, 1.165) is 16.6 Å². The van der Waals surface area contributed by atoms with Crippen molar-refractivity contribution in [2.24, 2.45) is 0 Å². The molecule has 2 N–H and O–H groups in total. The van der Waals surface area contributed by atoms with Gasteiger partial charge in [0.2, 0.25) is 0 Å². The van der Waals surface area contributed by atoms with E-state index in [9.17, 15) is 4.79 Å². The lowest BCUT2D eigenvalue weighted by Crippen LogP contribution is -2.36. The molecule has 1 aromatic carbocycles. The minimum Gasteiger partial charge on any atom is -0.481 e. The molecule has 1 atom stereocenters. The first-order valence-corrected chi connectivity index (χ1v) is 6.86. The number of halogens is 1. The van der Waals surface area contributed by atoms with Crippen LogP contribution in [0.5, 0.6) is 5.75 Å². The molecule has 0 aliphatic heterocycles. The van der Waals surface area contributed by atoms with Crippen LogP contribution < -0.4 is 15.4 Å². The Labute approximate surface area is 122 Å². The molecule has 19 heavy (non-hydrogen) atoms. The van der Waals surface area contributed by atoms with Gasteiger partial charge in [-0.1, -0.05) is 22.0 Å². The molecule has 1 amide bonds. The summed E-state index contributed by atoms with van der Waals surface area (Å²) >= 11 is 3.47. The highest BCUT2D eigenvalue weighted by Gasteiger charge is 2.14. The monoisotopic (exact) mass is 326 g/mol. The summed E-state index contributed by atoms with van der Waals surface area (Å²) in [5.74, 6) is 0.521. The lowest BCUT2D eigenvalue weighted by molar-refractivity contribution is -0.127. The standard InChI is InChI=1S/C14H19BrN2O2/c1-4-7-17-14(18)10(2)19-12-5-6-13(15)11(8-12)9-16-3/h4-6,8,10,16H,1,7,9H2,2-3H3,(H,17,18). The molecule has 104 valence electrons. The second-order valence-corrected chi connectivity index (χ2v) is 4.93. The van der Waals surface area contributed by atoms with Gasteiger partial charge in [-0.2, -0.15) is 0 Å². The summed E-state index contributed by atoms with van der Waals surface area (Å²) in [5.41, 5.74) is 1.08. The maximum absolute atomic E-state index is 11.7. The minimum atomic E-state index is -0.538. The molecule has 0 saturated carbocycles. The summed E-state index contributed by atoms with van der Waals surface area (Å²) in [6.45, 7) is 6.44. The summed E-state index contributed by atoms with van der Waals surface area (Å²) in [6, 6.07) is 5.66. The predicted octanol–water partition coefficient (Wildman–Crippen LogP) is 2.24. The lowest BCUT2D eigenvalue weighted by atomic mass is 10.2. The highest BCUT2D eigenvalue weighted by atomic mass is 79.9. The van der Waals surface area contributed by atoms with Gasteiger partial charge in [0, 0.05) is 17.6 Å². The first-order valence-electron chi connectivity index (χ1n) is 6.06. The fraction of sp³-hybridized carbons (Fsp3) is 0.357. The molecule has 1 rings (SSSR count). The third-order valence-electron chi connectivity index (χ3n) is 2.49. The lowest BCUT2D eigenvalue weighted by Gasteiger charge is -2.15. The molecule has 0 saturated heterocycles. The number of carbonyl (C=O) groups is 1. The van der Waals surface area contributed by atoms with Gasteiger partial charge in [-0.3, -0.25) is 4.79 Å². The number of benzene rings is 1. The average Bonchev–Trinajstić information content (AvgIpc) is 2.40. The Kier molecular flexibility index (Phi) is 6.59. The topological polar surface area (TPSA) is 50.4 Å². The molecular formula is C14H19BrN2O2. The van der Waals surface area contributed by atoms with Crippen molar-refractivity contribution in [2.45, 2.75) is 19.6 Å². The van der Waals surface area contributed by atoms with Crippen molar-refractivity contribution >= 4 is 21.8 Å². The molecule has 0 heterocycles. The Morgan fingerprint density at radius 3 is 2.95 bits per heavy atom. The number of ether oxygens (including phenoxy) is 1. The van der Waals surface area contributed by atoms with Gasteiger partial charge in [-0.05, 0) is 37.7 Å². The molecule has 0 radical (unpaired) electrons. The van der Waals surface area contributed by atoms with Gasteiger partial charge >= 0.3 is 0 Å². The molecular weight excluding hydrogens is 308 g/mol. The first-order chi connectivity index (χ1) is 9.08. The van der Waals surface area contributed by atoms with Crippen LogP contribution in [0.3, 0.4) is 0 Å². The Morgan fingerprint density at radius 2 is 2.32 bits per heavy atom. The van der Waals surface area contributed by atoms with E-state index in [4.69, 9.17) is 4.74 Å². The van der Waals surface area contributed by atoms with Crippen LogP contribution in [0.1, 0.15) is 12.5 Å². The Bertz CT molecular complexity index is 449. The summed E-state index contributed by atoms with van der Waals surface area (Å²) in [6.07, 6.45) is 1.10. The first kappa shape index (κ1) is 15.7. The third-order valence-corrected chi connectivity index (χ3v) is 3.26. The van der Waals surface area contributed by atoms with Crippen molar-refractivity contribution in [1.29, 1.82) is 0 Å². The van der Waals surface area contributed by atoms with Crippen LogP contribution in [0.2, 0.25) is 0 Å². The quantitative estimate of drug-likeness (QED) is 0.755. The zero-order valence-corrected chi connectivity index (χ0v) is 12.8. The summed E-state index contributed by atoms with van der Waals surface area (Å²) in [4.78, 5) is 11.7. The van der Waals surface area contributed by atoms with E-state index >= 15 is 0 Å². The van der Waals surface area contributed by atoms with E-state index in [-0.39, 0.29) is 5.91 Å². The Hall–Kier alpha value is -1.33. The van der Waals surface area contributed by atoms with Crippen LogP contribution in [0.25, 0.3) is 0 Å². The van der Waals surface area contributed by atoms with Crippen molar-refractivity contribution in [3.8, 4) is 5.75 Å². The molecule has 0 fully saturated rings. The van der Waals surface area contributed by atoms with Gasteiger partial charge in [-0.15, -0.1) is 6.58 Å². The molecule has 1 aromatic rings. The summed E-state index contributed by atoms with van der Waals surface area (Å²) in [7, 11) is 1.88. The third kappa shape index (κ3) is 5.04. The van der Waals surface area contributed by atoms with Crippen LogP contribution in [-0.4, -0.2) is 25.6 Å². The van der Waals surface area contributed by atoms with E-state index in [2.05, 4.69) is 33.1 Å². The van der Waals surface area contributed by atoms with Crippen molar-refractivity contribution in [1.82, 2.24) is 10.6 Å². The van der Waals surface area contributed by atoms with E-state index in [1.165, 1.54) is 0 Å². The molecule has 0 bridgehead atoms. The molecule has 0 aliphatic rings. The molecule has 1 unspecified atom stereocenters. The second-order valence-electron chi connectivity index (χ2n) is 4.08. The number of nitrogens with one attached hydrogen (secondary N) is 2. The van der Waals surface area contributed by atoms with Crippen LogP contribution in [0.15, 0.2) is 35.3 Å². The van der Waals surface area contributed by atoms with E-state index < -0.39 is 6.10 Å². The molecule has 0 aliphatic carbocycles. The zero-order chi connectivity index (χ0) is 14.3. The highest BCUT2D eigenvalue weighted by molar-refractivity contribution is 9.10. The molecule has 5 heteroatoms. The number of rotatable bonds is 7. The van der Waals surface area contributed by atoms with Gasteiger partial charge in [-0.25, -0.2) is 0 Å². The Morgan fingerprint density at radius 1 is 1.58 bits per heavy atom. The molecule has 4 nitrogen and oxygen atoms in total. The summed E-state index contributed by atoms with van der Waals surface area (Å²) in [5, 5.41) is 5.78. The van der Waals surface area contributed by atoms with Crippen LogP contribution in [0.4, 0.5) is 0 Å². The number of hydrogen-bond acceptors (Lipinski definition) is 3. The van der Waals surface area contributed by atoms with E-state index in [1.807, 2.05) is 25.2 Å². The molecule has 0 aromatic heterocycles. The van der Waals surface area contributed by atoms with Gasteiger partial charge in [0.25, 0.3) is 5.91 Å². The highest BCUT2D eigenvalue weighted by Crippen LogP contribution is 2.23. The smallest absolute Gasteiger partial charge is 0.261 e. The SMILES string of the molecule is C=CCNC(=O)C(C)Oc1ccc(Br)c(CNC)c1. The Balaban J connectivity index is 2.68. The van der Waals surface area contributed by atoms with Crippen molar-refractivity contribution in [3.05, 3.63) is 40.9 Å². The minimum absolute atomic E-state index is 0.155. The van der Waals surface area contributed by atoms with Crippen LogP contribution in [0, 0.1) is 0 Å². The maximum Gasteiger partial charge on any atom is 0.261 e. The fourth-order valence-electron chi connectivity index (χ4n) is 1.52. The number of amides is 1. The van der Waals surface area contributed by atoms with E-state index in [0.29, 0.717) is 12.3 Å². The largest absolute Gasteiger partial charge is 0.481 e. The number of hydrogen-bond donors (Lipinski definition) is 2.